The summed E-state index contributed by atoms with van der Waals surface area (Å²) in [5.74, 6) is 1.88. The summed E-state index contributed by atoms with van der Waals surface area (Å²) in [5.41, 5.74) is 7.14. The van der Waals surface area contributed by atoms with Crippen LogP contribution in [-0.2, 0) is 4.79 Å². The maximum atomic E-state index is 12.9. The molecule has 1 aromatic carbocycles. The summed E-state index contributed by atoms with van der Waals surface area (Å²) in [6.07, 6.45) is 5.43. The van der Waals surface area contributed by atoms with Crippen molar-refractivity contribution >= 4 is 23.2 Å². The first-order valence-corrected chi connectivity index (χ1v) is 8.75. The normalized spacial score (nSPS) is 29.9. The standard InChI is InChI=1S/C18H25ClN2O2/c1-21(14-6-7-16(23-2)15(19)10-14)18(22)13-8-11-4-3-5-12(9-13)17(11)20/h6-7,10-13,17H,3-5,8-9,20H2,1-2H3. The zero-order chi connectivity index (χ0) is 16.6. The molecule has 2 aliphatic rings. The minimum absolute atomic E-state index is 0.0796. The van der Waals surface area contributed by atoms with Crippen LogP contribution < -0.4 is 15.4 Å². The highest BCUT2D eigenvalue weighted by Crippen LogP contribution is 2.42. The Hall–Kier alpha value is -1.26. The third kappa shape index (κ3) is 3.20. The molecule has 1 amide bonds. The molecule has 0 heterocycles. The minimum atomic E-state index is 0.0796. The number of benzene rings is 1. The summed E-state index contributed by atoms with van der Waals surface area (Å²) in [6.45, 7) is 0. The number of nitrogens with two attached hydrogens (primary N) is 1. The van der Waals surface area contributed by atoms with E-state index in [0.29, 0.717) is 22.6 Å². The second-order valence-electron chi connectivity index (χ2n) is 6.91. The van der Waals surface area contributed by atoms with Gasteiger partial charge in [0, 0.05) is 24.7 Å². The lowest BCUT2D eigenvalue weighted by Crippen LogP contribution is -2.49. The van der Waals surface area contributed by atoms with Gasteiger partial charge in [0.1, 0.15) is 5.75 Å². The van der Waals surface area contributed by atoms with E-state index in [4.69, 9.17) is 22.1 Å². The molecule has 0 aromatic heterocycles. The van der Waals surface area contributed by atoms with Crippen molar-refractivity contribution in [2.45, 2.75) is 38.1 Å². The molecule has 23 heavy (non-hydrogen) atoms. The van der Waals surface area contributed by atoms with Gasteiger partial charge in [-0.1, -0.05) is 18.0 Å². The fraction of sp³-hybridized carbons (Fsp3) is 0.611. The minimum Gasteiger partial charge on any atom is -0.495 e. The predicted molar refractivity (Wildman–Crippen MR) is 92.9 cm³/mol. The lowest BCUT2D eigenvalue weighted by Gasteiger charge is -2.44. The Morgan fingerprint density at radius 1 is 1.30 bits per heavy atom. The summed E-state index contributed by atoms with van der Waals surface area (Å²) < 4.78 is 5.17. The first-order chi connectivity index (χ1) is 11.0. The van der Waals surface area contributed by atoms with Crippen LogP contribution in [0.2, 0.25) is 5.02 Å². The lowest BCUT2D eigenvalue weighted by molar-refractivity contribution is -0.124. The molecule has 0 spiro atoms. The fourth-order valence-corrected chi connectivity index (χ4v) is 4.51. The van der Waals surface area contributed by atoms with Gasteiger partial charge in [-0.2, -0.15) is 0 Å². The first kappa shape index (κ1) is 16.6. The number of halogens is 1. The maximum absolute atomic E-state index is 12.9. The first-order valence-electron chi connectivity index (χ1n) is 8.38. The average Bonchev–Trinajstić information content (AvgIpc) is 2.53. The zero-order valence-corrected chi connectivity index (χ0v) is 14.6. The van der Waals surface area contributed by atoms with Gasteiger partial charge in [-0.25, -0.2) is 0 Å². The van der Waals surface area contributed by atoms with Gasteiger partial charge in [0.05, 0.1) is 12.1 Å². The van der Waals surface area contributed by atoms with Crippen molar-refractivity contribution in [3.63, 3.8) is 0 Å². The molecule has 0 radical (unpaired) electrons. The van der Waals surface area contributed by atoms with Crippen molar-refractivity contribution in [3.05, 3.63) is 23.2 Å². The third-order valence-electron chi connectivity index (χ3n) is 5.62. The highest BCUT2D eigenvalue weighted by molar-refractivity contribution is 6.32. The lowest BCUT2D eigenvalue weighted by atomic mass is 9.65. The quantitative estimate of drug-likeness (QED) is 0.919. The van der Waals surface area contributed by atoms with E-state index in [-0.39, 0.29) is 17.9 Å². The Kier molecular flexibility index (Phi) is 4.83. The number of rotatable bonds is 3. The Bertz CT molecular complexity index is 578. The number of hydrogen-bond donors (Lipinski definition) is 1. The van der Waals surface area contributed by atoms with Crippen molar-refractivity contribution in [2.75, 3.05) is 19.1 Å². The number of ether oxygens (including phenoxy) is 1. The van der Waals surface area contributed by atoms with E-state index in [1.165, 1.54) is 19.3 Å². The molecule has 2 saturated carbocycles. The number of nitrogens with zero attached hydrogens (tertiary/aromatic N) is 1. The van der Waals surface area contributed by atoms with Gasteiger partial charge in [0.15, 0.2) is 0 Å². The number of carbonyl (C=O) groups excluding carboxylic acids is 1. The van der Waals surface area contributed by atoms with Crippen molar-refractivity contribution in [2.24, 2.45) is 23.5 Å². The number of anilines is 1. The Morgan fingerprint density at radius 3 is 2.52 bits per heavy atom. The van der Waals surface area contributed by atoms with Gasteiger partial charge in [0.2, 0.25) is 5.91 Å². The molecule has 5 heteroatoms. The van der Waals surface area contributed by atoms with Crippen LogP contribution in [-0.4, -0.2) is 26.1 Å². The average molecular weight is 337 g/mol. The molecular weight excluding hydrogens is 312 g/mol. The number of methoxy groups -OCH3 is 1. The van der Waals surface area contributed by atoms with Crippen LogP contribution in [0, 0.1) is 17.8 Å². The number of carbonyl (C=O) groups is 1. The number of hydrogen-bond acceptors (Lipinski definition) is 3. The monoisotopic (exact) mass is 336 g/mol. The molecule has 2 fully saturated rings. The topological polar surface area (TPSA) is 55.6 Å². The highest BCUT2D eigenvalue weighted by atomic mass is 35.5. The van der Waals surface area contributed by atoms with E-state index >= 15 is 0 Å². The van der Waals surface area contributed by atoms with Gasteiger partial charge in [-0.05, 0) is 55.7 Å². The van der Waals surface area contributed by atoms with Crippen molar-refractivity contribution in [1.82, 2.24) is 0 Å². The van der Waals surface area contributed by atoms with Gasteiger partial charge >= 0.3 is 0 Å². The molecule has 2 unspecified atom stereocenters. The smallest absolute Gasteiger partial charge is 0.229 e. The van der Waals surface area contributed by atoms with Crippen LogP contribution in [0.25, 0.3) is 0 Å². The molecule has 0 saturated heterocycles. The van der Waals surface area contributed by atoms with E-state index in [9.17, 15) is 4.79 Å². The largest absolute Gasteiger partial charge is 0.495 e. The predicted octanol–water partition coefficient (Wildman–Crippen LogP) is 3.47. The van der Waals surface area contributed by atoms with E-state index in [0.717, 1.165) is 18.5 Å². The molecule has 2 N–H and O–H groups in total. The molecule has 4 nitrogen and oxygen atoms in total. The van der Waals surface area contributed by atoms with E-state index in [2.05, 4.69) is 0 Å². The molecule has 2 bridgehead atoms. The van der Waals surface area contributed by atoms with E-state index in [1.54, 1.807) is 24.1 Å². The van der Waals surface area contributed by atoms with Gasteiger partial charge in [-0.15, -0.1) is 0 Å². The molecule has 2 aliphatic carbocycles. The van der Waals surface area contributed by atoms with Crippen molar-refractivity contribution in [3.8, 4) is 5.75 Å². The Labute approximate surface area is 142 Å². The van der Waals surface area contributed by atoms with Crippen LogP contribution in [0.1, 0.15) is 32.1 Å². The molecule has 126 valence electrons. The maximum Gasteiger partial charge on any atom is 0.229 e. The summed E-state index contributed by atoms with van der Waals surface area (Å²) in [4.78, 5) is 14.6. The molecule has 1 aromatic rings. The summed E-state index contributed by atoms with van der Waals surface area (Å²) in [5, 5.41) is 0.521. The molecule has 2 atom stereocenters. The summed E-state index contributed by atoms with van der Waals surface area (Å²) in [6, 6.07) is 5.74. The number of amides is 1. The second-order valence-corrected chi connectivity index (χ2v) is 7.32. The molecule has 3 rings (SSSR count). The highest BCUT2D eigenvalue weighted by Gasteiger charge is 2.41. The van der Waals surface area contributed by atoms with E-state index in [1.807, 2.05) is 13.1 Å². The zero-order valence-electron chi connectivity index (χ0n) is 13.8. The van der Waals surface area contributed by atoms with Crippen molar-refractivity contribution in [1.29, 1.82) is 0 Å². The summed E-state index contributed by atoms with van der Waals surface area (Å²) in [7, 11) is 3.41. The third-order valence-corrected chi connectivity index (χ3v) is 5.91. The van der Waals surface area contributed by atoms with Gasteiger partial charge < -0.3 is 15.4 Å². The van der Waals surface area contributed by atoms with Crippen LogP contribution in [0.5, 0.6) is 5.75 Å². The molecule has 0 aliphatic heterocycles. The van der Waals surface area contributed by atoms with Crippen molar-refractivity contribution < 1.29 is 9.53 Å². The number of fused-ring (bicyclic) bond motifs is 2. The Balaban J connectivity index is 1.73. The van der Waals surface area contributed by atoms with Crippen LogP contribution in [0.15, 0.2) is 18.2 Å². The fourth-order valence-electron chi connectivity index (χ4n) is 4.26. The van der Waals surface area contributed by atoms with Crippen LogP contribution >= 0.6 is 11.6 Å². The van der Waals surface area contributed by atoms with Crippen LogP contribution in [0.4, 0.5) is 5.69 Å². The van der Waals surface area contributed by atoms with Gasteiger partial charge in [-0.3, -0.25) is 4.79 Å². The van der Waals surface area contributed by atoms with E-state index < -0.39 is 0 Å². The SMILES string of the molecule is COc1ccc(N(C)C(=O)C2CC3CCCC(C2)C3N)cc1Cl. The molecular formula is C18H25ClN2O2. The van der Waals surface area contributed by atoms with Gasteiger partial charge in [0.25, 0.3) is 0 Å². The second kappa shape index (κ2) is 6.70. The Morgan fingerprint density at radius 2 is 1.96 bits per heavy atom. The van der Waals surface area contributed by atoms with Crippen LogP contribution in [0.3, 0.4) is 0 Å². The summed E-state index contributed by atoms with van der Waals surface area (Å²) >= 11 is 6.18.